The average molecular weight is 733 g/mol. The zero-order valence-corrected chi connectivity index (χ0v) is 30.8. The summed E-state index contributed by atoms with van der Waals surface area (Å²) in [5.74, 6) is -1.28. The van der Waals surface area contributed by atoms with E-state index >= 15 is 0 Å². The van der Waals surface area contributed by atoms with Crippen LogP contribution < -0.4 is 21.1 Å². The number of primary amides is 1. The molecule has 2 aromatic carbocycles. The van der Waals surface area contributed by atoms with Crippen molar-refractivity contribution in [2.45, 2.75) is 65.2 Å². The number of carbonyl (C=O) groups is 3. The van der Waals surface area contributed by atoms with Crippen LogP contribution in [0.1, 0.15) is 69.3 Å². The number of alkyl carbamates (subject to hydrolysis) is 1. The summed E-state index contributed by atoms with van der Waals surface area (Å²) in [7, 11) is 0. The molecule has 0 aliphatic heterocycles. The summed E-state index contributed by atoms with van der Waals surface area (Å²) in [6.07, 6.45) is 2.21. The van der Waals surface area contributed by atoms with Gasteiger partial charge in [-0.3, -0.25) is 9.36 Å². The lowest BCUT2D eigenvalue weighted by Gasteiger charge is -2.35. The maximum absolute atomic E-state index is 12.6. The Labute approximate surface area is 305 Å². The second kappa shape index (κ2) is 15.0. The zero-order valence-electron chi connectivity index (χ0n) is 29.2. The maximum atomic E-state index is 12.6. The summed E-state index contributed by atoms with van der Waals surface area (Å²) in [6.45, 7) is 10.7. The Balaban J connectivity index is 1.33. The van der Waals surface area contributed by atoms with Gasteiger partial charge in [0, 0.05) is 29.4 Å². The monoisotopic (exact) mass is 732 g/mol. The number of carboxylic acids is 1. The SMILES string of the molecule is CC(C)[C@](CCNc1cc(-c2ccc3c(c2)ncn3-c2cc(O[C@H](C)c3ccccc3Cl)c(C(N)=O)s2)ccn1)(NC(=O)OC(C)(C)C)C(=O)O. The largest absolute Gasteiger partial charge is 0.484 e. The van der Waals surface area contributed by atoms with Crippen LogP contribution in [0.3, 0.4) is 0 Å². The van der Waals surface area contributed by atoms with Crippen LogP contribution in [0.15, 0.2) is 73.2 Å². The predicted molar refractivity (Wildman–Crippen MR) is 199 cm³/mol. The molecule has 12 nitrogen and oxygen atoms in total. The molecule has 268 valence electrons. The molecule has 0 fully saturated rings. The topological polar surface area (TPSA) is 171 Å². The molecule has 51 heavy (non-hydrogen) atoms. The third-order valence-corrected chi connectivity index (χ3v) is 9.82. The number of carboxylic acid groups (broad SMARTS) is 1. The van der Waals surface area contributed by atoms with Crippen molar-refractivity contribution in [2.24, 2.45) is 11.7 Å². The Morgan fingerprint density at radius 1 is 1.02 bits per heavy atom. The van der Waals surface area contributed by atoms with Crippen LogP contribution in [0.4, 0.5) is 10.6 Å². The Bertz CT molecular complexity index is 2070. The van der Waals surface area contributed by atoms with Crippen molar-refractivity contribution >= 4 is 57.8 Å². The van der Waals surface area contributed by atoms with Crippen LogP contribution in [0.2, 0.25) is 5.02 Å². The molecule has 3 heterocycles. The number of aromatic nitrogens is 3. The fourth-order valence-corrected chi connectivity index (χ4v) is 6.87. The van der Waals surface area contributed by atoms with Gasteiger partial charge in [-0.05, 0) is 81.5 Å². The number of hydrogen-bond acceptors (Lipinski definition) is 9. The Morgan fingerprint density at radius 3 is 2.41 bits per heavy atom. The van der Waals surface area contributed by atoms with Gasteiger partial charge in [0.2, 0.25) is 0 Å². The molecule has 5 aromatic rings. The third-order valence-electron chi connectivity index (χ3n) is 8.35. The highest BCUT2D eigenvalue weighted by molar-refractivity contribution is 7.16. The van der Waals surface area contributed by atoms with E-state index in [-0.39, 0.29) is 17.8 Å². The van der Waals surface area contributed by atoms with Crippen molar-refractivity contribution in [3.05, 3.63) is 88.7 Å². The lowest BCUT2D eigenvalue weighted by Crippen LogP contribution is -2.59. The minimum absolute atomic E-state index is 0.0837. The first kappa shape index (κ1) is 37.1. The normalized spacial score (nSPS) is 13.4. The fraction of sp³-hybridized carbons (Fsp3) is 0.324. The number of aliphatic carboxylic acids is 1. The number of pyridine rings is 1. The van der Waals surface area contributed by atoms with Crippen molar-refractivity contribution in [3.63, 3.8) is 0 Å². The highest BCUT2D eigenvalue weighted by atomic mass is 35.5. The number of nitrogens with two attached hydrogens (primary N) is 1. The van der Waals surface area contributed by atoms with Gasteiger partial charge in [0.25, 0.3) is 5.91 Å². The Morgan fingerprint density at radius 2 is 1.75 bits per heavy atom. The molecular weight excluding hydrogens is 692 g/mol. The number of ether oxygens (including phenoxy) is 2. The number of benzene rings is 2. The molecule has 0 saturated carbocycles. The molecule has 0 saturated heterocycles. The van der Waals surface area contributed by atoms with Crippen molar-refractivity contribution < 1.29 is 29.0 Å². The first-order chi connectivity index (χ1) is 24.1. The maximum Gasteiger partial charge on any atom is 0.408 e. The standard InChI is InChI=1S/C37H41ClN6O6S/c1-21(2)37(34(46)47,43-35(48)50-36(4,5)6)14-16-41-30-18-24(13-15-40-30)23-11-12-28-27(17-23)42-20-44(28)31-19-29(32(51-31)33(39)45)49-22(3)25-9-7-8-10-26(25)38/h7-13,15,17-22H,14,16H2,1-6H3,(H2,39,45)(H,40,41)(H,43,48)(H,46,47)/t22-,37+/m1/s1. The summed E-state index contributed by atoms with van der Waals surface area (Å²) in [5, 5.41) is 17.2. The summed E-state index contributed by atoms with van der Waals surface area (Å²) in [6, 6.07) is 18.7. The molecule has 2 atom stereocenters. The van der Waals surface area contributed by atoms with Gasteiger partial charge in [-0.15, -0.1) is 11.3 Å². The zero-order chi connectivity index (χ0) is 37.1. The number of imidazole rings is 1. The lowest BCUT2D eigenvalue weighted by molar-refractivity contribution is -0.147. The molecule has 5 rings (SSSR count). The van der Waals surface area contributed by atoms with Crippen LogP contribution >= 0.6 is 22.9 Å². The van der Waals surface area contributed by atoms with E-state index in [2.05, 4.69) is 20.6 Å². The number of fused-ring (bicyclic) bond motifs is 1. The van der Waals surface area contributed by atoms with E-state index in [9.17, 15) is 19.5 Å². The Hall–Kier alpha value is -5.14. The van der Waals surface area contributed by atoms with Crippen LogP contribution in [-0.2, 0) is 9.53 Å². The number of amides is 2. The first-order valence-electron chi connectivity index (χ1n) is 16.3. The number of carbonyl (C=O) groups excluding carboxylic acids is 2. The fourth-order valence-electron chi connectivity index (χ4n) is 5.65. The van der Waals surface area contributed by atoms with E-state index in [1.54, 1.807) is 59.3 Å². The molecule has 0 spiro atoms. The van der Waals surface area contributed by atoms with Crippen molar-refractivity contribution in [1.29, 1.82) is 0 Å². The van der Waals surface area contributed by atoms with Gasteiger partial charge < -0.3 is 30.9 Å². The Kier molecular flexibility index (Phi) is 10.9. The minimum atomic E-state index is -1.56. The second-order valence-corrected chi connectivity index (χ2v) is 14.8. The van der Waals surface area contributed by atoms with Gasteiger partial charge in [0.05, 0.1) is 11.0 Å². The van der Waals surface area contributed by atoms with Gasteiger partial charge in [0.1, 0.15) is 45.0 Å². The van der Waals surface area contributed by atoms with Crippen LogP contribution in [0.25, 0.3) is 27.2 Å². The number of thiophene rings is 1. The summed E-state index contributed by atoms with van der Waals surface area (Å²) in [5.41, 5.74) is 7.46. The number of hydrogen-bond donors (Lipinski definition) is 4. The van der Waals surface area contributed by atoms with Gasteiger partial charge in [-0.25, -0.2) is 19.6 Å². The molecule has 2 amide bonds. The molecule has 0 unspecified atom stereocenters. The number of nitrogens with zero attached hydrogens (tertiary/aromatic N) is 3. The first-order valence-corrected chi connectivity index (χ1v) is 17.5. The van der Waals surface area contributed by atoms with Gasteiger partial charge in [0.15, 0.2) is 0 Å². The molecule has 0 aliphatic rings. The molecule has 5 N–H and O–H groups in total. The van der Waals surface area contributed by atoms with Crippen molar-refractivity contribution in [2.75, 3.05) is 11.9 Å². The molecule has 0 radical (unpaired) electrons. The van der Waals surface area contributed by atoms with E-state index < -0.39 is 41.1 Å². The van der Waals surface area contributed by atoms with Gasteiger partial charge in [-0.1, -0.05) is 49.7 Å². The quantitative estimate of drug-likeness (QED) is 0.0941. The van der Waals surface area contributed by atoms with Crippen LogP contribution in [0, 0.1) is 5.92 Å². The van der Waals surface area contributed by atoms with Gasteiger partial charge in [-0.2, -0.15) is 0 Å². The molecular formula is C37H41ClN6O6S. The lowest BCUT2D eigenvalue weighted by atomic mass is 9.83. The summed E-state index contributed by atoms with van der Waals surface area (Å²) < 4.78 is 13.4. The van der Waals surface area contributed by atoms with E-state index in [4.69, 9.17) is 26.8 Å². The van der Waals surface area contributed by atoms with E-state index in [1.165, 1.54) is 11.3 Å². The number of rotatable bonds is 13. The highest BCUT2D eigenvalue weighted by Gasteiger charge is 2.44. The van der Waals surface area contributed by atoms with Gasteiger partial charge >= 0.3 is 12.1 Å². The molecule has 3 aromatic heterocycles. The smallest absolute Gasteiger partial charge is 0.408 e. The minimum Gasteiger partial charge on any atom is -0.484 e. The van der Waals surface area contributed by atoms with Crippen LogP contribution in [-0.4, -0.2) is 55.3 Å². The predicted octanol–water partition coefficient (Wildman–Crippen LogP) is 7.85. The number of halogens is 1. The van der Waals surface area contributed by atoms with E-state index in [1.807, 2.05) is 60.0 Å². The van der Waals surface area contributed by atoms with E-state index in [0.717, 1.165) is 27.7 Å². The van der Waals surface area contributed by atoms with E-state index in [0.29, 0.717) is 21.6 Å². The summed E-state index contributed by atoms with van der Waals surface area (Å²) >= 11 is 7.58. The van der Waals surface area contributed by atoms with Crippen LogP contribution in [0.5, 0.6) is 5.75 Å². The number of anilines is 1. The summed E-state index contributed by atoms with van der Waals surface area (Å²) in [4.78, 5) is 46.7. The molecule has 0 aliphatic carbocycles. The average Bonchev–Trinajstić information content (AvgIpc) is 3.67. The molecule has 0 bridgehead atoms. The number of nitrogens with one attached hydrogen (secondary N) is 2. The third kappa shape index (κ3) is 8.43. The van der Waals surface area contributed by atoms with Crippen molar-refractivity contribution in [3.8, 4) is 21.9 Å². The van der Waals surface area contributed by atoms with Crippen molar-refractivity contribution in [1.82, 2.24) is 19.9 Å². The second-order valence-electron chi connectivity index (χ2n) is 13.4. The highest BCUT2D eigenvalue weighted by Crippen LogP contribution is 2.37. The molecule has 14 heteroatoms.